The first-order valence-corrected chi connectivity index (χ1v) is 5.34. The van der Waals surface area contributed by atoms with E-state index in [0.717, 1.165) is 0 Å². The molecule has 0 radical (unpaired) electrons. The average molecular weight is 263 g/mol. The minimum absolute atomic E-state index is 0.169. The molecule has 1 atom stereocenters. The number of alkyl halides is 1. The van der Waals surface area contributed by atoms with E-state index in [1.54, 1.807) is 17.5 Å². The highest BCUT2D eigenvalue weighted by Gasteiger charge is 2.20. The number of aliphatic carboxylic acids is 1. The number of hydrogen-bond donors (Lipinski definition) is 1. The van der Waals surface area contributed by atoms with Crippen LogP contribution in [0.5, 0.6) is 0 Å². The first kappa shape index (κ1) is 10.4. The van der Waals surface area contributed by atoms with Crippen LogP contribution in [-0.4, -0.2) is 21.7 Å². The molecule has 1 N–H and O–H groups in total. The third-order valence-electron chi connectivity index (χ3n) is 1.40. The average Bonchev–Trinajstić information content (AvgIpc) is 2.53. The van der Waals surface area contributed by atoms with Crippen LogP contribution in [0.3, 0.4) is 0 Å². The molecule has 13 heavy (non-hydrogen) atoms. The van der Waals surface area contributed by atoms with Crippen molar-refractivity contribution in [1.29, 1.82) is 0 Å². The normalized spacial score (nSPS) is 12.4. The molecule has 0 aliphatic rings. The van der Waals surface area contributed by atoms with Gasteiger partial charge in [0.05, 0.1) is 16.1 Å². The molecule has 3 nitrogen and oxygen atoms in total. The maximum Gasteiger partial charge on any atom is 0.304 e. The van der Waals surface area contributed by atoms with E-state index in [9.17, 15) is 9.59 Å². The van der Waals surface area contributed by atoms with Gasteiger partial charge in [0.15, 0.2) is 5.78 Å². The maximum atomic E-state index is 11.4. The Morgan fingerprint density at radius 1 is 1.62 bits per heavy atom. The van der Waals surface area contributed by atoms with Gasteiger partial charge in [-0.1, -0.05) is 22.0 Å². The zero-order valence-electron chi connectivity index (χ0n) is 6.57. The quantitative estimate of drug-likeness (QED) is 0.669. The molecule has 1 rings (SSSR count). The van der Waals surface area contributed by atoms with E-state index in [1.165, 1.54) is 11.3 Å². The Bertz CT molecular complexity index is 307. The summed E-state index contributed by atoms with van der Waals surface area (Å²) in [6.07, 6.45) is -0.184. The summed E-state index contributed by atoms with van der Waals surface area (Å²) < 4.78 is 0. The molecule has 1 aromatic rings. The van der Waals surface area contributed by atoms with E-state index in [4.69, 9.17) is 5.11 Å². The lowest BCUT2D eigenvalue weighted by Crippen LogP contribution is -2.16. The van der Waals surface area contributed by atoms with Gasteiger partial charge in [-0.25, -0.2) is 0 Å². The lowest BCUT2D eigenvalue weighted by molar-refractivity contribution is -0.136. The van der Waals surface area contributed by atoms with Crippen LogP contribution in [0.4, 0.5) is 0 Å². The molecule has 0 spiro atoms. The van der Waals surface area contributed by atoms with E-state index in [0.29, 0.717) is 4.88 Å². The highest BCUT2D eigenvalue weighted by molar-refractivity contribution is 9.10. The second-order valence-electron chi connectivity index (χ2n) is 2.41. The van der Waals surface area contributed by atoms with E-state index in [2.05, 4.69) is 15.9 Å². The van der Waals surface area contributed by atoms with Crippen LogP contribution in [0.2, 0.25) is 0 Å². The van der Waals surface area contributed by atoms with Gasteiger partial charge in [0.25, 0.3) is 0 Å². The van der Waals surface area contributed by atoms with Crippen molar-refractivity contribution < 1.29 is 14.7 Å². The maximum absolute atomic E-state index is 11.4. The molecule has 0 fully saturated rings. The summed E-state index contributed by atoms with van der Waals surface area (Å²) in [5.41, 5.74) is 0. The van der Waals surface area contributed by atoms with Crippen molar-refractivity contribution in [3.63, 3.8) is 0 Å². The summed E-state index contributed by atoms with van der Waals surface area (Å²) in [7, 11) is 0. The van der Waals surface area contributed by atoms with Gasteiger partial charge in [-0.15, -0.1) is 11.3 Å². The highest BCUT2D eigenvalue weighted by Crippen LogP contribution is 2.17. The van der Waals surface area contributed by atoms with Crippen LogP contribution in [0.15, 0.2) is 17.5 Å². The first-order chi connectivity index (χ1) is 6.11. The number of carboxylic acid groups (broad SMARTS) is 1. The van der Waals surface area contributed by atoms with Crippen LogP contribution in [0.1, 0.15) is 16.1 Å². The molecule has 0 aliphatic heterocycles. The van der Waals surface area contributed by atoms with Crippen molar-refractivity contribution in [2.75, 3.05) is 0 Å². The minimum Gasteiger partial charge on any atom is -0.481 e. The van der Waals surface area contributed by atoms with Gasteiger partial charge >= 0.3 is 5.97 Å². The van der Waals surface area contributed by atoms with E-state index < -0.39 is 10.8 Å². The van der Waals surface area contributed by atoms with Gasteiger partial charge in [-0.05, 0) is 11.4 Å². The Kier molecular flexibility index (Phi) is 3.62. The third-order valence-corrected chi connectivity index (χ3v) is 3.03. The number of carbonyl (C=O) groups is 2. The van der Waals surface area contributed by atoms with Crippen molar-refractivity contribution in [1.82, 2.24) is 0 Å². The lowest BCUT2D eigenvalue weighted by Gasteiger charge is -2.02. The number of thiophene rings is 1. The molecule has 0 saturated heterocycles. The molecule has 1 heterocycles. The van der Waals surface area contributed by atoms with Gasteiger partial charge < -0.3 is 5.11 Å². The zero-order chi connectivity index (χ0) is 9.84. The van der Waals surface area contributed by atoms with Crippen molar-refractivity contribution in [3.8, 4) is 0 Å². The van der Waals surface area contributed by atoms with Crippen molar-refractivity contribution in [3.05, 3.63) is 22.4 Å². The molecule has 0 bridgehead atoms. The fourth-order valence-electron chi connectivity index (χ4n) is 0.819. The summed E-state index contributed by atoms with van der Waals surface area (Å²) in [4.78, 5) is 21.7. The molecule has 70 valence electrons. The van der Waals surface area contributed by atoms with Gasteiger partial charge in [0, 0.05) is 0 Å². The Labute approximate surface area is 87.5 Å². The number of halogens is 1. The van der Waals surface area contributed by atoms with Gasteiger partial charge in [-0.2, -0.15) is 0 Å². The predicted octanol–water partition coefficient (Wildman–Crippen LogP) is 2.17. The minimum atomic E-state index is -0.980. The van der Waals surface area contributed by atoms with Crippen LogP contribution >= 0.6 is 27.3 Å². The smallest absolute Gasteiger partial charge is 0.304 e. The Hall–Kier alpha value is -0.680. The largest absolute Gasteiger partial charge is 0.481 e. The number of carboxylic acids is 1. The van der Waals surface area contributed by atoms with Gasteiger partial charge in [-0.3, -0.25) is 9.59 Å². The van der Waals surface area contributed by atoms with Crippen molar-refractivity contribution in [2.45, 2.75) is 11.2 Å². The lowest BCUT2D eigenvalue weighted by atomic mass is 10.2. The molecule has 1 unspecified atom stereocenters. The van der Waals surface area contributed by atoms with E-state index in [-0.39, 0.29) is 12.2 Å². The molecular formula is C8H7BrO3S. The second-order valence-corrected chi connectivity index (χ2v) is 4.46. The van der Waals surface area contributed by atoms with Crippen LogP contribution < -0.4 is 0 Å². The summed E-state index contributed by atoms with van der Waals surface area (Å²) in [5.74, 6) is -1.15. The molecule has 5 heteroatoms. The fraction of sp³-hybridized carbons (Fsp3) is 0.250. The standard InChI is InChI=1S/C8H7BrO3S/c9-5(4-7(10)11)8(12)6-2-1-3-13-6/h1-3,5H,4H2,(H,10,11). The highest BCUT2D eigenvalue weighted by atomic mass is 79.9. The summed E-state index contributed by atoms with van der Waals surface area (Å²) in [6.45, 7) is 0. The molecule has 0 amide bonds. The number of rotatable bonds is 4. The molecule has 0 aliphatic carbocycles. The third kappa shape index (κ3) is 2.93. The fourth-order valence-corrected chi connectivity index (χ4v) is 2.21. The second kappa shape index (κ2) is 4.53. The van der Waals surface area contributed by atoms with Crippen LogP contribution in [0, 0.1) is 0 Å². The Morgan fingerprint density at radius 2 is 2.31 bits per heavy atom. The van der Waals surface area contributed by atoms with Crippen LogP contribution in [-0.2, 0) is 4.79 Å². The monoisotopic (exact) mass is 262 g/mol. The molecule has 1 aromatic heterocycles. The summed E-state index contributed by atoms with van der Waals surface area (Å²) in [5, 5.41) is 10.2. The van der Waals surface area contributed by atoms with Gasteiger partial charge in [0.2, 0.25) is 0 Å². The zero-order valence-corrected chi connectivity index (χ0v) is 8.97. The topological polar surface area (TPSA) is 54.4 Å². The molecule has 0 saturated carbocycles. The van der Waals surface area contributed by atoms with E-state index >= 15 is 0 Å². The molecule has 0 aromatic carbocycles. The van der Waals surface area contributed by atoms with Crippen molar-refractivity contribution in [2.24, 2.45) is 0 Å². The number of carbonyl (C=O) groups excluding carboxylic acids is 1. The SMILES string of the molecule is O=C(O)CC(Br)C(=O)c1cccs1. The van der Waals surface area contributed by atoms with E-state index in [1.807, 2.05) is 0 Å². The number of Topliss-reactive ketones (excluding diaryl/α,β-unsaturated/α-hetero) is 1. The number of hydrogen-bond acceptors (Lipinski definition) is 3. The Morgan fingerprint density at radius 3 is 2.77 bits per heavy atom. The van der Waals surface area contributed by atoms with Crippen LogP contribution in [0.25, 0.3) is 0 Å². The molecular weight excluding hydrogens is 256 g/mol. The predicted molar refractivity (Wildman–Crippen MR) is 53.6 cm³/mol. The first-order valence-electron chi connectivity index (χ1n) is 3.55. The van der Waals surface area contributed by atoms with Gasteiger partial charge in [0.1, 0.15) is 0 Å². The number of ketones is 1. The summed E-state index contributed by atoms with van der Waals surface area (Å²) >= 11 is 4.36. The van der Waals surface area contributed by atoms with Crippen molar-refractivity contribution >= 4 is 39.0 Å². The summed E-state index contributed by atoms with van der Waals surface area (Å²) in [6, 6.07) is 3.45. The Balaban J connectivity index is 2.63.